The Morgan fingerprint density at radius 1 is 1.25 bits per heavy atom. The highest BCUT2D eigenvalue weighted by Gasteiger charge is 2.29. The van der Waals surface area contributed by atoms with Crippen molar-refractivity contribution in [2.24, 2.45) is 0 Å². The molecule has 1 aliphatic rings. The van der Waals surface area contributed by atoms with E-state index in [0.717, 1.165) is 36.9 Å². The fourth-order valence-electron chi connectivity index (χ4n) is 3.57. The number of likely N-dealkylation sites (tertiary alicyclic amines) is 1. The van der Waals surface area contributed by atoms with E-state index >= 15 is 0 Å². The largest absolute Gasteiger partial charge is 0.339 e. The smallest absolute Gasteiger partial charge is 0.253 e. The van der Waals surface area contributed by atoms with Crippen LogP contribution in [0.2, 0.25) is 5.02 Å². The van der Waals surface area contributed by atoms with E-state index in [1.54, 1.807) is 0 Å². The maximum atomic E-state index is 12.9. The summed E-state index contributed by atoms with van der Waals surface area (Å²) in [6.07, 6.45) is 2.81. The first kappa shape index (κ1) is 18.7. The summed E-state index contributed by atoms with van der Waals surface area (Å²) in [7, 11) is 0. The molecule has 1 amide bonds. The SMILES string of the molecule is CCc1ccc(C(=O)N2CCC[C@H](c3nc(-c4cccc(Cl)c4)no3)C2)cc1. The number of amides is 1. The molecule has 0 aliphatic carbocycles. The lowest BCUT2D eigenvalue weighted by molar-refractivity contribution is 0.0695. The lowest BCUT2D eigenvalue weighted by Crippen LogP contribution is -2.39. The molecule has 1 fully saturated rings. The molecule has 5 nitrogen and oxygen atoms in total. The van der Waals surface area contributed by atoms with E-state index in [2.05, 4.69) is 17.1 Å². The molecule has 6 heteroatoms. The average molecular weight is 396 g/mol. The molecule has 2 heterocycles. The van der Waals surface area contributed by atoms with Crippen molar-refractivity contribution in [1.82, 2.24) is 15.0 Å². The molecule has 1 aliphatic heterocycles. The number of hydrogen-bond donors (Lipinski definition) is 0. The standard InChI is InChI=1S/C22H22ClN3O2/c1-2-15-8-10-16(11-9-15)22(27)26-12-4-6-18(14-26)21-24-20(25-28-21)17-5-3-7-19(23)13-17/h3,5,7-11,13,18H,2,4,6,12,14H2,1H3/t18-/m0/s1. The predicted octanol–water partition coefficient (Wildman–Crippen LogP) is 4.97. The van der Waals surface area contributed by atoms with E-state index in [1.165, 1.54) is 5.56 Å². The number of aryl methyl sites for hydroxylation is 1. The Balaban J connectivity index is 1.48. The third kappa shape index (κ3) is 3.94. The van der Waals surface area contributed by atoms with Gasteiger partial charge in [0.2, 0.25) is 11.7 Å². The fourth-order valence-corrected chi connectivity index (χ4v) is 3.76. The Kier molecular flexibility index (Phi) is 5.44. The number of hydrogen-bond acceptors (Lipinski definition) is 4. The first-order valence-electron chi connectivity index (χ1n) is 9.62. The average Bonchev–Trinajstić information content (AvgIpc) is 3.24. The van der Waals surface area contributed by atoms with Gasteiger partial charge in [0.15, 0.2) is 0 Å². The van der Waals surface area contributed by atoms with Crippen LogP contribution in [-0.2, 0) is 6.42 Å². The van der Waals surface area contributed by atoms with E-state index in [1.807, 2.05) is 53.4 Å². The van der Waals surface area contributed by atoms with Crippen LogP contribution in [-0.4, -0.2) is 34.0 Å². The van der Waals surface area contributed by atoms with E-state index < -0.39 is 0 Å². The molecule has 28 heavy (non-hydrogen) atoms. The van der Waals surface area contributed by atoms with Gasteiger partial charge in [0, 0.05) is 29.2 Å². The minimum Gasteiger partial charge on any atom is -0.339 e. The third-order valence-corrected chi connectivity index (χ3v) is 5.43. The van der Waals surface area contributed by atoms with Crippen LogP contribution in [0.15, 0.2) is 53.1 Å². The third-order valence-electron chi connectivity index (χ3n) is 5.19. The minimum absolute atomic E-state index is 0.0491. The Bertz CT molecular complexity index is 968. The number of benzene rings is 2. The van der Waals surface area contributed by atoms with Gasteiger partial charge >= 0.3 is 0 Å². The van der Waals surface area contributed by atoms with E-state index in [0.29, 0.717) is 23.3 Å². The molecule has 144 valence electrons. The lowest BCUT2D eigenvalue weighted by atomic mass is 9.97. The van der Waals surface area contributed by atoms with E-state index in [-0.39, 0.29) is 11.8 Å². The van der Waals surface area contributed by atoms with Gasteiger partial charge in [-0.15, -0.1) is 0 Å². The van der Waals surface area contributed by atoms with Crippen molar-refractivity contribution in [3.05, 3.63) is 70.6 Å². The summed E-state index contributed by atoms with van der Waals surface area (Å²) in [5.74, 6) is 1.21. The predicted molar refractivity (Wildman–Crippen MR) is 108 cm³/mol. The first-order valence-corrected chi connectivity index (χ1v) is 9.99. The molecule has 0 spiro atoms. The van der Waals surface area contributed by atoms with Gasteiger partial charge in [0.1, 0.15) is 0 Å². The molecule has 1 aromatic heterocycles. The van der Waals surface area contributed by atoms with Crippen LogP contribution in [0.4, 0.5) is 0 Å². The van der Waals surface area contributed by atoms with Crippen molar-refractivity contribution in [3.8, 4) is 11.4 Å². The quantitative estimate of drug-likeness (QED) is 0.625. The van der Waals surface area contributed by atoms with Gasteiger partial charge in [-0.05, 0) is 49.1 Å². The van der Waals surface area contributed by atoms with Crippen molar-refractivity contribution >= 4 is 17.5 Å². The maximum Gasteiger partial charge on any atom is 0.253 e. The second kappa shape index (κ2) is 8.15. The topological polar surface area (TPSA) is 59.2 Å². The van der Waals surface area contributed by atoms with Crippen LogP contribution in [0.5, 0.6) is 0 Å². The van der Waals surface area contributed by atoms with E-state index in [9.17, 15) is 4.79 Å². The summed E-state index contributed by atoms with van der Waals surface area (Å²) in [5, 5.41) is 4.73. The van der Waals surface area contributed by atoms with Crippen molar-refractivity contribution < 1.29 is 9.32 Å². The van der Waals surface area contributed by atoms with Gasteiger partial charge in [0.05, 0.1) is 5.92 Å². The van der Waals surface area contributed by atoms with Gasteiger partial charge < -0.3 is 9.42 Å². The second-order valence-electron chi connectivity index (χ2n) is 7.11. The summed E-state index contributed by atoms with van der Waals surface area (Å²) in [4.78, 5) is 19.3. The summed E-state index contributed by atoms with van der Waals surface area (Å²) < 4.78 is 5.52. The lowest BCUT2D eigenvalue weighted by Gasteiger charge is -2.31. The monoisotopic (exact) mass is 395 g/mol. The first-order chi connectivity index (χ1) is 13.6. The van der Waals surface area contributed by atoms with Crippen molar-refractivity contribution in [2.45, 2.75) is 32.1 Å². The summed E-state index contributed by atoms with van der Waals surface area (Å²) in [5.41, 5.74) is 2.78. The van der Waals surface area contributed by atoms with E-state index in [4.69, 9.17) is 16.1 Å². The molecule has 1 saturated heterocycles. The molecule has 3 aromatic rings. The molecule has 1 atom stereocenters. The van der Waals surface area contributed by atoms with Crippen molar-refractivity contribution in [1.29, 1.82) is 0 Å². The number of carbonyl (C=O) groups excluding carboxylic acids is 1. The van der Waals surface area contributed by atoms with Gasteiger partial charge in [0.25, 0.3) is 5.91 Å². The van der Waals surface area contributed by atoms with Crippen molar-refractivity contribution in [3.63, 3.8) is 0 Å². The molecule has 0 bridgehead atoms. The van der Waals surface area contributed by atoms with Crippen LogP contribution in [0.25, 0.3) is 11.4 Å². The summed E-state index contributed by atoms with van der Waals surface area (Å²) >= 11 is 6.05. The molecule has 0 radical (unpaired) electrons. The molecule has 0 saturated carbocycles. The molecule has 2 aromatic carbocycles. The molecule has 4 rings (SSSR count). The number of piperidine rings is 1. The highest BCUT2D eigenvalue weighted by molar-refractivity contribution is 6.30. The van der Waals surface area contributed by atoms with Crippen LogP contribution in [0.1, 0.15) is 47.5 Å². The van der Waals surface area contributed by atoms with Crippen molar-refractivity contribution in [2.75, 3.05) is 13.1 Å². The zero-order valence-electron chi connectivity index (χ0n) is 15.8. The highest BCUT2D eigenvalue weighted by Crippen LogP contribution is 2.29. The fraction of sp³-hybridized carbons (Fsp3) is 0.318. The van der Waals surface area contributed by atoms with Gasteiger partial charge in [-0.2, -0.15) is 4.98 Å². The Morgan fingerprint density at radius 3 is 2.82 bits per heavy atom. The van der Waals surface area contributed by atoms with Crippen LogP contribution in [0.3, 0.4) is 0 Å². The zero-order valence-corrected chi connectivity index (χ0v) is 16.5. The van der Waals surface area contributed by atoms with Crippen LogP contribution in [0, 0.1) is 0 Å². The zero-order chi connectivity index (χ0) is 19.5. The second-order valence-corrected chi connectivity index (χ2v) is 7.54. The normalized spacial score (nSPS) is 16.9. The number of rotatable bonds is 4. The highest BCUT2D eigenvalue weighted by atomic mass is 35.5. The maximum absolute atomic E-state index is 12.9. The van der Waals surface area contributed by atoms with Crippen LogP contribution >= 0.6 is 11.6 Å². The summed E-state index contributed by atoms with van der Waals surface area (Å²) in [6, 6.07) is 15.2. The molecular weight excluding hydrogens is 374 g/mol. The Labute approximate surface area is 169 Å². The molecular formula is C22H22ClN3O2. The molecule has 0 unspecified atom stereocenters. The van der Waals surface area contributed by atoms with Gasteiger partial charge in [-0.1, -0.05) is 47.9 Å². The van der Waals surface area contributed by atoms with Crippen LogP contribution < -0.4 is 0 Å². The van der Waals surface area contributed by atoms with Gasteiger partial charge in [-0.3, -0.25) is 4.79 Å². The number of nitrogens with zero attached hydrogens (tertiary/aromatic N) is 3. The Morgan fingerprint density at radius 2 is 2.07 bits per heavy atom. The molecule has 0 N–H and O–H groups in total. The number of aromatic nitrogens is 2. The van der Waals surface area contributed by atoms with Gasteiger partial charge in [-0.25, -0.2) is 0 Å². The summed E-state index contributed by atoms with van der Waals surface area (Å²) in [6.45, 7) is 3.44. The number of halogens is 1. The number of carbonyl (C=O) groups is 1. The minimum atomic E-state index is 0.0491. The Hall–Kier alpha value is -2.66.